The van der Waals surface area contributed by atoms with Gasteiger partial charge in [0, 0.05) is 0 Å². The number of carbonyl (C=O) groups is 1. The molecule has 0 amide bonds. The smallest absolute Gasteiger partial charge is 0.312 e. The lowest BCUT2D eigenvalue weighted by atomic mass is 9.75. The highest BCUT2D eigenvalue weighted by Crippen LogP contribution is 2.37. The van der Waals surface area contributed by atoms with Gasteiger partial charge in [-0.25, -0.2) is 0 Å². The highest BCUT2D eigenvalue weighted by molar-refractivity contribution is 5.77. The molecule has 0 saturated heterocycles. The zero-order chi connectivity index (χ0) is 17.1. The molecule has 0 fully saturated rings. The molecule has 1 aromatic carbocycles. The van der Waals surface area contributed by atoms with Crippen LogP contribution < -0.4 is 4.74 Å². The van der Waals surface area contributed by atoms with Crippen molar-refractivity contribution in [3.63, 3.8) is 0 Å². The van der Waals surface area contributed by atoms with E-state index in [2.05, 4.69) is 19.9 Å². The molecule has 23 heavy (non-hydrogen) atoms. The Morgan fingerprint density at radius 2 is 1.83 bits per heavy atom. The van der Waals surface area contributed by atoms with E-state index in [1.807, 2.05) is 25.1 Å². The fourth-order valence-corrected chi connectivity index (χ4v) is 3.10. The van der Waals surface area contributed by atoms with Crippen molar-refractivity contribution < 1.29 is 14.3 Å². The Hall–Kier alpha value is -1.51. The number of methoxy groups -OCH3 is 1. The maximum atomic E-state index is 12.7. The van der Waals surface area contributed by atoms with Crippen LogP contribution in [0.25, 0.3) is 0 Å². The first kappa shape index (κ1) is 19.5. The third-order valence-corrected chi connectivity index (χ3v) is 4.62. The summed E-state index contributed by atoms with van der Waals surface area (Å²) < 4.78 is 10.9. The van der Waals surface area contributed by atoms with Crippen LogP contribution in [0.1, 0.15) is 64.9 Å². The molecule has 1 unspecified atom stereocenters. The van der Waals surface area contributed by atoms with E-state index in [1.54, 1.807) is 7.11 Å². The summed E-state index contributed by atoms with van der Waals surface area (Å²) in [6.45, 7) is 6.60. The largest absolute Gasteiger partial charge is 0.496 e. The fraction of sp³-hybridized carbons (Fsp3) is 0.650. The molecule has 0 aliphatic rings. The number of hydrogen-bond donors (Lipinski definition) is 0. The fourth-order valence-electron chi connectivity index (χ4n) is 3.10. The van der Waals surface area contributed by atoms with Gasteiger partial charge in [-0.1, -0.05) is 57.7 Å². The Morgan fingerprint density at radius 1 is 1.09 bits per heavy atom. The summed E-state index contributed by atoms with van der Waals surface area (Å²) in [5, 5.41) is 0. The average molecular weight is 320 g/mol. The molecule has 130 valence electrons. The Bertz CT molecular complexity index is 470. The van der Waals surface area contributed by atoms with E-state index in [4.69, 9.17) is 9.47 Å². The zero-order valence-corrected chi connectivity index (χ0v) is 15.2. The first-order valence-corrected chi connectivity index (χ1v) is 8.92. The molecule has 1 aromatic rings. The summed E-state index contributed by atoms with van der Waals surface area (Å²) >= 11 is 0. The second kappa shape index (κ2) is 10.3. The molecule has 0 aliphatic carbocycles. The van der Waals surface area contributed by atoms with Gasteiger partial charge in [-0.3, -0.25) is 4.79 Å². The van der Waals surface area contributed by atoms with Crippen molar-refractivity contribution in [2.45, 2.75) is 65.7 Å². The third-order valence-electron chi connectivity index (χ3n) is 4.62. The van der Waals surface area contributed by atoms with Crippen LogP contribution in [0, 0.1) is 5.41 Å². The molecule has 0 heterocycles. The van der Waals surface area contributed by atoms with Gasteiger partial charge in [0.2, 0.25) is 0 Å². The Balaban J connectivity index is 2.98. The maximum absolute atomic E-state index is 12.7. The molecule has 0 spiro atoms. The number of rotatable bonds is 11. The van der Waals surface area contributed by atoms with Crippen molar-refractivity contribution in [3.8, 4) is 5.75 Å². The van der Waals surface area contributed by atoms with E-state index in [9.17, 15) is 4.79 Å². The predicted octanol–water partition coefficient (Wildman–Crippen LogP) is 5.17. The van der Waals surface area contributed by atoms with Crippen LogP contribution in [0.3, 0.4) is 0 Å². The van der Waals surface area contributed by atoms with Gasteiger partial charge in [-0.05, 0) is 37.8 Å². The molecule has 3 nitrogen and oxygen atoms in total. The maximum Gasteiger partial charge on any atom is 0.312 e. The van der Waals surface area contributed by atoms with Gasteiger partial charge in [0.05, 0.1) is 19.1 Å². The minimum atomic E-state index is -0.446. The van der Waals surface area contributed by atoms with Crippen LogP contribution in [0.5, 0.6) is 5.75 Å². The third kappa shape index (κ3) is 5.56. The van der Waals surface area contributed by atoms with Gasteiger partial charge < -0.3 is 9.47 Å². The quantitative estimate of drug-likeness (QED) is 0.417. The van der Waals surface area contributed by atoms with Crippen LogP contribution in [-0.2, 0) is 16.0 Å². The number of para-hydroxylation sites is 1. The summed E-state index contributed by atoms with van der Waals surface area (Å²) in [5.74, 6) is 0.785. The molecule has 0 N–H and O–H groups in total. The van der Waals surface area contributed by atoms with E-state index in [1.165, 1.54) is 19.3 Å². The minimum Gasteiger partial charge on any atom is -0.496 e. The lowest BCUT2D eigenvalue weighted by molar-refractivity contribution is -0.156. The number of hydrogen-bond acceptors (Lipinski definition) is 3. The van der Waals surface area contributed by atoms with E-state index in [-0.39, 0.29) is 5.97 Å². The summed E-state index contributed by atoms with van der Waals surface area (Å²) in [5.41, 5.74) is 0.638. The lowest BCUT2D eigenvalue weighted by Crippen LogP contribution is -2.35. The SMILES string of the molecule is CCCCCCC(CC)(Cc1ccccc1OC)C(=O)OCC. The molecule has 0 radical (unpaired) electrons. The second-order valence-corrected chi connectivity index (χ2v) is 6.15. The molecule has 0 aromatic heterocycles. The van der Waals surface area contributed by atoms with Crippen molar-refractivity contribution in [1.82, 2.24) is 0 Å². The number of ether oxygens (including phenoxy) is 2. The summed E-state index contributed by atoms with van der Waals surface area (Å²) in [7, 11) is 1.68. The number of carbonyl (C=O) groups excluding carboxylic acids is 1. The molecule has 0 aliphatic heterocycles. The highest BCUT2D eigenvalue weighted by atomic mass is 16.5. The van der Waals surface area contributed by atoms with Gasteiger partial charge in [0.15, 0.2) is 0 Å². The van der Waals surface area contributed by atoms with Crippen molar-refractivity contribution >= 4 is 5.97 Å². The highest BCUT2D eigenvalue weighted by Gasteiger charge is 2.38. The van der Waals surface area contributed by atoms with Crippen LogP contribution in [0.2, 0.25) is 0 Å². The number of benzene rings is 1. The van der Waals surface area contributed by atoms with E-state index in [0.717, 1.165) is 30.6 Å². The number of unbranched alkanes of at least 4 members (excludes halogenated alkanes) is 3. The average Bonchev–Trinajstić information content (AvgIpc) is 2.58. The van der Waals surface area contributed by atoms with Crippen LogP contribution in [0.4, 0.5) is 0 Å². The van der Waals surface area contributed by atoms with Gasteiger partial charge in [0.1, 0.15) is 5.75 Å². The zero-order valence-electron chi connectivity index (χ0n) is 15.2. The summed E-state index contributed by atoms with van der Waals surface area (Å²) in [6, 6.07) is 7.97. The molecule has 1 atom stereocenters. The molecule has 0 bridgehead atoms. The van der Waals surface area contributed by atoms with Crippen LogP contribution >= 0.6 is 0 Å². The summed E-state index contributed by atoms with van der Waals surface area (Å²) in [6.07, 6.45) is 7.00. The Morgan fingerprint density at radius 3 is 2.43 bits per heavy atom. The monoisotopic (exact) mass is 320 g/mol. The Kier molecular flexibility index (Phi) is 8.75. The summed E-state index contributed by atoms with van der Waals surface area (Å²) in [4.78, 5) is 12.7. The van der Waals surface area contributed by atoms with Crippen LogP contribution in [0.15, 0.2) is 24.3 Å². The first-order chi connectivity index (χ1) is 11.1. The van der Waals surface area contributed by atoms with Crippen molar-refractivity contribution in [2.75, 3.05) is 13.7 Å². The van der Waals surface area contributed by atoms with Gasteiger partial charge >= 0.3 is 5.97 Å². The van der Waals surface area contributed by atoms with E-state index in [0.29, 0.717) is 13.0 Å². The van der Waals surface area contributed by atoms with E-state index >= 15 is 0 Å². The standard InChI is InChI=1S/C20H32O3/c1-5-8-9-12-15-20(6-2,19(21)23-7-3)16-17-13-10-11-14-18(17)22-4/h10-11,13-14H,5-9,12,15-16H2,1-4H3. The first-order valence-electron chi connectivity index (χ1n) is 8.92. The van der Waals surface area contributed by atoms with Crippen molar-refractivity contribution in [2.24, 2.45) is 5.41 Å². The van der Waals surface area contributed by atoms with Gasteiger partial charge in [-0.2, -0.15) is 0 Å². The van der Waals surface area contributed by atoms with Crippen LogP contribution in [-0.4, -0.2) is 19.7 Å². The topological polar surface area (TPSA) is 35.5 Å². The van der Waals surface area contributed by atoms with Gasteiger partial charge in [-0.15, -0.1) is 0 Å². The van der Waals surface area contributed by atoms with E-state index < -0.39 is 5.41 Å². The normalized spacial score (nSPS) is 13.4. The molecule has 0 saturated carbocycles. The Labute approximate surface area is 141 Å². The minimum absolute atomic E-state index is 0.0649. The lowest BCUT2D eigenvalue weighted by Gasteiger charge is -2.31. The van der Waals surface area contributed by atoms with Crippen molar-refractivity contribution in [3.05, 3.63) is 29.8 Å². The predicted molar refractivity (Wildman–Crippen MR) is 94.8 cm³/mol. The molecule has 1 rings (SSSR count). The van der Waals surface area contributed by atoms with Crippen molar-refractivity contribution in [1.29, 1.82) is 0 Å². The molecule has 3 heteroatoms. The van der Waals surface area contributed by atoms with Gasteiger partial charge in [0.25, 0.3) is 0 Å². The molecular formula is C20H32O3. The second-order valence-electron chi connectivity index (χ2n) is 6.15. The molecular weight excluding hydrogens is 288 g/mol. The number of esters is 1.